The molecular formula is C17H23FO2. The van der Waals surface area contributed by atoms with E-state index in [0.717, 1.165) is 30.4 Å². The molecule has 2 rings (SSSR count). The van der Waals surface area contributed by atoms with Crippen LogP contribution in [0.2, 0.25) is 0 Å². The van der Waals surface area contributed by atoms with E-state index < -0.39 is 11.9 Å². The van der Waals surface area contributed by atoms with Crippen molar-refractivity contribution in [2.24, 2.45) is 11.8 Å². The molecule has 110 valence electrons. The lowest BCUT2D eigenvalue weighted by atomic mass is 9.69. The maximum Gasteiger partial charge on any atom is 0.307 e. The van der Waals surface area contributed by atoms with Crippen molar-refractivity contribution >= 4 is 5.97 Å². The zero-order valence-corrected chi connectivity index (χ0v) is 12.4. The fraction of sp³-hybridized carbons (Fsp3) is 0.588. The molecule has 0 aliphatic heterocycles. The SMILES string of the molecule is CCC1CCC(C(=O)O)C(c2c(C)cc(C)cc2F)C1. The first-order chi connectivity index (χ1) is 9.43. The monoisotopic (exact) mass is 278 g/mol. The van der Waals surface area contributed by atoms with Crippen molar-refractivity contribution < 1.29 is 14.3 Å². The summed E-state index contributed by atoms with van der Waals surface area (Å²) >= 11 is 0. The van der Waals surface area contributed by atoms with Crippen LogP contribution in [0.4, 0.5) is 4.39 Å². The Labute approximate surface area is 120 Å². The van der Waals surface area contributed by atoms with Crippen LogP contribution in [0, 0.1) is 31.5 Å². The number of carboxylic acid groups (broad SMARTS) is 1. The summed E-state index contributed by atoms with van der Waals surface area (Å²) in [5, 5.41) is 9.44. The number of hydrogen-bond acceptors (Lipinski definition) is 1. The van der Waals surface area contributed by atoms with E-state index in [9.17, 15) is 14.3 Å². The zero-order valence-electron chi connectivity index (χ0n) is 12.4. The maximum atomic E-state index is 14.4. The van der Waals surface area contributed by atoms with Gasteiger partial charge in [0.15, 0.2) is 0 Å². The van der Waals surface area contributed by atoms with Crippen LogP contribution in [0.5, 0.6) is 0 Å². The minimum Gasteiger partial charge on any atom is -0.481 e. The summed E-state index contributed by atoms with van der Waals surface area (Å²) in [6.45, 7) is 5.88. The lowest BCUT2D eigenvalue weighted by molar-refractivity contribution is -0.144. The topological polar surface area (TPSA) is 37.3 Å². The van der Waals surface area contributed by atoms with Gasteiger partial charge in [-0.05, 0) is 61.8 Å². The molecular weight excluding hydrogens is 255 g/mol. The Morgan fingerprint density at radius 3 is 2.60 bits per heavy atom. The summed E-state index contributed by atoms with van der Waals surface area (Å²) in [6.07, 6.45) is 3.42. The summed E-state index contributed by atoms with van der Waals surface area (Å²) in [7, 11) is 0. The molecule has 1 aliphatic rings. The summed E-state index contributed by atoms with van der Waals surface area (Å²) in [5.74, 6) is -1.16. The van der Waals surface area contributed by atoms with E-state index in [1.54, 1.807) is 0 Å². The molecule has 3 atom stereocenters. The van der Waals surface area contributed by atoms with E-state index in [-0.39, 0.29) is 11.7 Å². The summed E-state index contributed by atoms with van der Waals surface area (Å²) in [6, 6.07) is 3.48. The molecule has 1 N–H and O–H groups in total. The smallest absolute Gasteiger partial charge is 0.307 e. The maximum absolute atomic E-state index is 14.4. The van der Waals surface area contributed by atoms with Crippen LogP contribution in [0.3, 0.4) is 0 Å². The third kappa shape index (κ3) is 2.87. The summed E-state index contributed by atoms with van der Waals surface area (Å²) in [5.41, 5.74) is 2.40. The Balaban J connectivity index is 2.42. The van der Waals surface area contributed by atoms with Gasteiger partial charge >= 0.3 is 5.97 Å². The van der Waals surface area contributed by atoms with E-state index in [1.807, 2.05) is 19.9 Å². The quantitative estimate of drug-likeness (QED) is 0.887. The number of halogens is 1. The van der Waals surface area contributed by atoms with Crippen LogP contribution in [0.25, 0.3) is 0 Å². The molecule has 0 heterocycles. The van der Waals surface area contributed by atoms with Gasteiger partial charge in [-0.1, -0.05) is 19.4 Å². The summed E-state index contributed by atoms with van der Waals surface area (Å²) < 4.78 is 14.4. The van der Waals surface area contributed by atoms with E-state index in [2.05, 4.69) is 6.92 Å². The second-order valence-electron chi connectivity index (χ2n) is 6.12. The van der Waals surface area contributed by atoms with Crippen LogP contribution in [-0.4, -0.2) is 11.1 Å². The van der Waals surface area contributed by atoms with Gasteiger partial charge in [-0.25, -0.2) is 4.39 Å². The largest absolute Gasteiger partial charge is 0.481 e. The average Bonchev–Trinajstić information content (AvgIpc) is 2.37. The van der Waals surface area contributed by atoms with Crippen molar-refractivity contribution in [3.8, 4) is 0 Å². The molecule has 1 aliphatic carbocycles. The van der Waals surface area contributed by atoms with Gasteiger partial charge in [-0.2, -0.15) is 0 Å². The van der Waals surface area contributed by atoms with E-state index in [1.165, 1.54) is 6.07 Å². The Hall–Kier alpha value is -1.38. The molecule has 1 saturated carbocycles. The first-order valence-electron chi connectivity index (χ1n) is 7.43. The number of benzene rings is 1. The van der Waals surface area contributed by atoms with Gasteiger partial charge in [-0.15, -0.1) is 0 Å². The van der Waals surface area contributed by atoms with Gasteiger partial charge in [0.1, 0.15) is 5.82 Å². The fourth-order valence-corrected chi connectivity index (χ4v) is 3.64. The number of aryl methyl sites for hydroxylation is 2. The normalized spacial score (nSPS) is 26.5. The lowest BCUT2D eigenvalue weighted by Crippen LogP contribution is -2.30. The number of rotatable bonds is 3. The lowest BCUT2D eigenvalue weighted by Gasteiger charge is -2.35. The molecule has 0 aromatic heterocycles. The second kappa shape index (κ2) is 5.94. The number of aliphatic carboxylic acids is 1. The summed E-state index contributed by atoms with van der Waals surface area (Å²) in [4.78, 5) is 11.5. The number of hydrogen-bond donors (Lipinski definition) is 1. The molecule has 2 nitrogen and oxygen atoms in total. The molecule has 0 bridgehead atoms. The van der Waals surface area contributed by atoms with E-state index in [4.69, 9.17) is 0 Å². The number of carboxylic acids is 1. The Kier molecular flexibility index (Phi) is 4.46. The highest BCUT2D eigenvalue weighted by Crippen LogP contribution is 2.43. The molecule has 1 aromatic carbocycles. The van der Waals surface area contributed by atoms with E-state index in [0.29, 0.717) is 17.9 Å². The van der Waals surface area contributed by atoms with Gasteiger partial charge in [0.2, 0.25) is 0 Å². The van der Waals surface area contributed by atoms with Crippen LogP contribution < -0.4 is 0 Å². The molecule has 0 radical (unpaired) electrons. The average molecular weight is 278 g/mol. The van der Waals surface area contributed by atoms with Crippen molar-refractivity contribution in [3.63, 3.8) is 0 Å². The van der Waals surface area contributed by atoms with Gasteiger partial charge in [0, 0.05) is 5.92 Å². The van der Waals surface area contributed by atoms with Crippen molar-refractivity contribution in [1.82, 2.24) is 0 Å². The van der Waals surface area contributed by atoms with Crippen molar-refractivity contribution in [3.05, 3.63) is 34.6 Å². The second-order valence-corrected chi connectivity index (χ2v) is 6.12. The predicted octanol–water partition coefficient (Wildman–Crippen LogP) is 4.44. The molecule has 1 aromatic rings. The van der Waals surface area contributed by atoms with Crippen LogP contribution in [-0.2, 0) is 4.79 Å². The first kappa shape index (κ1) is 15.0. The standard InChI is InChI=1S/C17H23FO2/c1-4-12-5-6-13(17(19)20)14(9-12)16-11(3)7-10(2)8-15(16)18/h7-8,12-14H,4-6,9H2,1-3H3,(H,19,20). The van der Waals surface area contributed by atoms with Crippen LogP contribution in [0.15, 0.2) is 12.1 Å². The van der Waals surface area contributed by atoms with Gasteiger partial charge < -0.3 is 5.11 Å². The minimum atomic E-state index is -0.788. The van der Waals surface area contributed by atoms with Crippen LogP contribution in [0.1, 0.15) is 55.2 Å². The fourth-order valence-electron chi connectivity index (χ4n) is 3.64. The van der Waals surface area contributed by atoms with E-state index >= 15 is 0 Å². The highest BCUT2D eigenvalue weighted by Gasteiger charge is 2.37. The van der Waals surface area contributed by atoms with Crippen molar-refractivity contribution in [1.29, 1.82) is 0 Å². The molecule has 3 heteroatoms. The van der Waals surface area contributed by atoms with Gasteiger partial charge in [0.25, 0.3) is 0 Å². The third-order valence-electron chi connectivity index (χ3n) is 4.70. The Morgan fingerprint density at radius 1 is 1.35 bits per heavy atom. The highest BCUT2D eigenvalue weighted by atomic mass is 19.1. The molecule has 20 heavy (non-hydrogen) atoms. The first-order valence-corrected chi connectivity index (χ1v) is 7.43. The predicted molar refractivity (Wildman–Crippen MR) is 77.4 cm³/mol. The van der Waals surface area contributed by atoms with Crippen molar-refractivity contribution in [2.75, 3.05) is 0 Å². The third-order valence-corrected chi connectivity index (χ3v) is 4.70. The van der Waals surface area contributed by atoms with Gasteiger partial charge in [0.05, 0.1) is 5.92 Å². The molecule has 0 spiro atoms. The van der Waals surface area contributed by atoms with Gasteiger partial charge in [-0.3, -0.25) is 4.79 Å². The van der Waals surface area contributed by atoms with Crippen LogP contribution >= 0.6 is 0 Å². The van der Waals surface area contributed by atoms with Crippen molar-refractivity contribution in [2.45, 2.75) is 52.4 Å². The highest BCUT2D eigenvalue weighted by molar-refractivity contribution is 5.71. The zero-order chi connectivity index (χ0) is 14.9. The molecule has 1 fully saturated rings. The molecule has 0 saturated heterocycles. The molecule has 3 unspecified atom stereocenters. The number of carbonyl (C=O) groups is 1. The Bertz CT molecular complexity index is 487. The Morgan fingerprint density at radius 2 is 2.05 bits per heavy atom. The minimum absolute atomic E-state index is 0.188. The molecule has 0 amide bonds.